The summed E-state index contributed by atoms with van der Waals surface area (Å²) in [6.45, 7) is 0. The zero-order valence-corrected chi connectivity index (χ0v) is 9.14. The average molecular weight is 228 g/mol. The number of fused-ring (bicyclic) bond motifs is 1. The highest BCUT2D eigenvalue weighted by Gasteiger charge is 2.27. The smallest absolute Gasteiger partial charge is 0.247 e. The van der Waals surface area contributed by atoms with Crippen molar-refractivity contribution < 1.29 is 9.21 Å². The second-order valence-corrected chi connectivity index (χ2v) is 4.04. The molecule has 17 heavy (non-hydrogen) atoms. The van der Waals surface area contributed by atoms with Crippen LogP contribution in [0.4, 0.5) is 11.6 Å². The first kappa shape index (κ1) is 9.96. The third-order valence-electron chi connectivity index (χ3n) is 2.83. The van der Waals surface area contributed by atoms with E-state index in [0.29, 0.717) is 18.0 Å². The second-order valence-electron chi connectivity index (χ2n) is 4.04. The van der Waals surface area contributed by atoms with E-state index in [1.165, 1.54) is 0 Å². The Balaban J connectivity index is 1.79. The maximum absolute atomic E-state index is 11.8. The molecule has 0 fully saturated rings. The molecule has 0 spiro atoms. The molecule has 0 saturated carbocycles. The fourth-order valence-electron chi connectivity index (χ4n) is 1.96. The van der Waals surface area contributed by atoms with Gasteiger partial charge in [-0.3, -0.25) is 4.79 Å². The van der Waals surface area contributed by atoms with Gasteiger partial charge in [-0.1, -0.05) is 30.3 Å². The van der Waals surface area contributed by atoms with Crippen molar-refractivity contribution in [2.45, 2.75) is 12.5 Å². The van der Waals surface area contributed by atoms with Crippen LogP contribution in [0.25, 0.3) is 0 Å². The minimum atomic E-state index is -0.281. The van der Waals surface area contributed by atoms with Crippen LogP contribution >= 0.6 is 0 Å². The summed E-state index contributed by atoms with van der Waals surface area (Å²) in [4.78, 5) is 11.8. The molecule has 0 aliphatic carbocycles. The Morgan fingerprint density at radius 2 is 2.00 bits per heavy atom. The quantitative estimate of drug-likeness (QED) is 0.828. The normalized spacial score (nSPS) is 18.1. The van der Waals surface area contributed by atoms with Gasteiger partial charge in [0.2, 0.25) is 11.8 Å². The Morgan fingerprint density at radius 3 is 2.82 bits per heavy atom. The lowest BCUT2D eigenvalue weighted by Crippen LogP contribution is -2.39. The topological polar surface area (TPSA) is 54.3 Å². The van der Waals surface area contributed by atoms with Crippen molar-refractivity contribution in [1.82, 2.24) is 0 Å². The van der Waals surface area contributed by atoms with Crippen LogP contribution < -0.4 is 10.6 Å². The van der Waals surface area contributed by atoms with Crippen molar-refractivity contribution in [3.63, 3.8) is 0 Å². The molecule has 1 amide bonds. The van der Waals surface area contributed by atoms with Gasteiger partial charge < -0.3 is 15.1 Å². The molecule has 2 aromatic rings. The number of nitrogens with one attached hydrogen (secondary N) is 2. The Morgan fingerprint density at radius 1 is 1.18 bits per heavy atom. The lowest BCUT2D eigenvalue weighted by Gasteiger charge is -2.23. The highest BCUT2D eigenvalue weighted by atomic mass is 16.3. The number of anilines is 2. The first-order valence-corrected chi connectivity index (χ1v) is 5.52. The lowest BCUT2D eigenvalue weighted by molar-refractivity contribution is -0.117. The largest absolute Gasteiger partial charge is 0.447 e. The predicted molar refractivity (Wildman–Crippen MR) is 64.9 cm³/mol. The third-order valence-corrected chi connectivity index (χ3v) is 2.83. The molecule has 2 heterocycles. The van der Waals surface area contributed by atoms with E-state index in [-0.39, 0.29) is 11.9 Å². The molecule has 0 radical (unpaired) electrons. The standard InChI is InChI=1S/C13H12N2O2/c16-12-11(8-9-4-2-1-3-5-9)15-13-10(14-12)6-7-17-13/h1-7,11,15H,8H2,(H,14,16). The van der Waals surface area contributed by atoms with Gasteiger partial charge in [0.1, 0.15) is 11.7 Å². The van der Waals surface area contributed by atoms with Gasteiger partial charge >= 0.3 is 0 Å². The number of amides is 1. The van der Waals surface area contributed by atoms with E-state index >= 15 is 0 Å². The first-order valence-electron chi connectivity index (χ1n) is 5.52. The predicted octanol–water partition coefficient (Wildman–Crippen LogP) is 2.25. The minimum Gasteiger partial charge on any atom is -0.447 e. The molecule has 1 aliphatic rings. The summed E-state index contributed by atoms with van der Waals surface area (Å²) in [5.41, 5.74) is 1.83. The van der Waals surface area contributed by atoms with Gasteiger partial charge in [0.15, 0.2) is 0 Å². The summed E-state index contributed by atoms with van der Waals surface area (Å²) in [5.74, 6) is 0.605. The van der Waals surface area contributed by atoms with Gasteiger partial charge in [0.25, 0.3) is 0 Å². The van der Waals surface area contributed by atoms with Gasteiger partial charge in [-0.05, 0) is 5.56 Å². The lowest BCUT2D eigenvalue weighted by atomic mass is 10.0. The molecule has 4 heteroatoms. The minimum absolute atomic E-state index is 0.0252. The Kier molecular flexibility index (Phi) is 2.33. The van der Waals surface area contributed by atoms with Crippen LogP contribution in [0.5, 0.6) is 0 Å². The zero-order valence-electron chi connectivity index (χ0n) is 9.14. The molecule has 4 nitrogen and oxygen atoms in total. The van der Waals surface area contributed by atoms with Crippen molar-refractivity contribution in [2.24, 2.45) is 0 Å². The molecule has 1 aliphatic heterocycles. The van der Waals surface area contributed by atoms with Gasteiger partial charge in [0.05, 0.1) is 6.26 Å². The fraction of sp³-hybridized carbons (Fsp3) is 0.154. The number of rotatable bonds is 2. The highest BCUT2D eigenvalue weighted by molar-refractivity contribution is 6.02. The molecular weight excluding hydrogens is 216 g/mol. The van der Waals surface area contributed by atoms with E-state index < -0.39 is 0 Å². The van der Waals surface area contributed by atoms with Crippen LogP contribution in [0.1, 0.15) is 5.56 Å². The van der Waals surface area contributed by atoms with Crippen molar-refractivity contribution >= 4 is 17.5 Å². The molecule has 1 atom stereocenters. The molecule has 3 rings (SSSR count). The van der Waals surface area contributed by atoms with Crippen LogP contribution in [-0.4, -0.2) is 11.9 Å². The van der Waals surface area contributed by atoms with E-state index in [2.05, 4.69) is 10.6 Å². The van der Waals surface area contributed by atoms with Crippen LogP contribution in [0.15, 0.2) is 47.1 Å². The number of furan rings is 1. The third kappa shape index (κ3) is 1.89. The van der Waals surface area contributed by atoms with E-state index in [0.717, 1.165) is 5.56 Å². The molecule has 2 N–H and O–H groups in total. The van der Waals surface area contributed by atoms with E-state index in [1.807, 2.05) is 30.3 Å². The van der Waals surface area contributed by atoms with Gasteiger partial charge in [0, 0.05) is 12.5 Å². The van der Waals surface area contributed by atoms with Gasteiger partial charge in [-0.2, -0.15) is 0 Å². The van der Waals surface area contributed by atoms with Gasteiger partial charge in [-0.25, -0.2) is 0 Å². The number of carbonyl (C=O) groups is 1. The van der Waals surface area contributed by atoms with E-state index in [1.54, 1.807) is 12.3 Å². The Labute approximate surface area is 98.6 Å². The maximum atomic E-state index is 11.8. The Bertz CT molecular complexity index is 533. The SMILES string of the molecule is O=C1Nc2ccoc2NC1Cc1ccccc1. The first-order chi connectivity index (χ1) is 8.33. The summed E-state index contributed by atoms with van der Waals surface area (Å²) in [6.07, 6.45) is 2.20. The number of benzene rings is 1. The second kappa shape index (κ2) is 3.97. The summed E-state index contributed by atoms with van der Waals surface area (Å²) in [6, 6.07) is 11.4. The average Bonchev–Trinajstić information content (AvgIpc) is 2.78. The Hall–Kier alpha value is -2.23. The molecule has 1 aromatic heterocycles. The van der Waals surface area contributed by atoms with Crippen molar-refractivity contribution in [3.05, 3.63) is 48.2 Å². The fourth-order valence-corrected chi connectivity index (χ4v) is 1.96. The summed E-state index contributed by atoms with van der Waals surface area (Å²) >= 11 is 0. The van der Waals surface area contributed by atoms with Crippen LogP contribution in [0, 0.1) is 0 Å². The highest BCUT2D eigenvalue weighted by Crippen LogP contribution is 2.28. The van der Waals surface area contributed by atoms with Crippen LogP contribution in [-0.2, 0) is 11.2 Å². The zero-order chi connectivity index (χ0) is 11.7. The number of hydrogen-bond donors (Lipinski definition) is 2. The van der Waals surface area contributed by atoms with Gasteiger partial charge in [-0.15, -0.1) is 0 Å². The van der Waals surface area contributed by atoms with Crippen LogP contribution in [0.2, 0.25) is 0 Å². The molecule has 1 unspecified atom stereocenters. The van der Waals surface area contributed by atoms with Crippen molar-refractivity contribution in [1.29, 1.82) is 0 Å². The van der Waals surface area contributed by atoms with Crippen molar-refractivity contribution in [2.75, 3.05) is 10.6 Å². The summed E-state index contributed by atoms with van der Waals surface area (Å²) < 4.78 is 5.25. The van der Waals surface area contributed by atoms with Crippen LogP contribution in [0.3, 0.4) is 0 Å². The molecule has 1 aromatic carbocycles. The summed E-state index contributed by atoms with van der Waals surface area (Å²) in [7, 11) is 0. The summed E-state index contributed by atoms with van der Waals surface area (Å²) in [5, 5.41) is 5.91. The number of carbonyl (C=O) groups excluding carboxylic acids is 1. The molecule has 86 valence electrons. The monoisotopic (exact) mass is 228 g/mol. The number of hydrogen-bond acceptors (Lipinski definition) is 3. The molecular formula is C13H12N2O2. The maximum Gasteiger partial charge on any atom is 0.247 e. The van der Waals surface area contributed by atoms with E-state index in [4.69, 9.17) is 4.42 Å². The molecule has 0 saturated heterocycles. The van der Waals surface area contributed by atoms with Crippen molar-refractivity contribution in [3.8, 4) is 0 Å². The van der Waals surface area contributed by atoms with E-state index in [9.17, 15) is 4.79 Å². The molecule has 0 bridgehead atoms.